The molecular formula is C6H5ClFN. The Kier molecular flexibility index (Phi) is 0.848. The van der Waals surface area contributed by atoms with E-state index in [-0.39, 0.29) is 10.7 Å². The number of anilines is 1. The predicted molar refractivity (Wildman–Crippen MR) is 35.8 cm³/mol. The van der Waals surface area contributed by atoms with Gasteiger partial charge in [0.1, 0.15) is 5.82 Å². The molecule has 0 spiro atoms. The van der Waals surface area contributed by atoms with E-state index in [0.29, 0.717) is 0 Å². The second-order valence-electron chi connectivity index (χ2n) is 1.42. The summed E-state index contributed by atoms with van der Waals surface area (Å²) in [5.41, 5.74) is 5.00. The minimum atomic E-state index is -1.11. The van der Waals surface area contributed by atoms with Crippen molar-refractivity contribution >= 4 is 17.3 Å². The highest BCUT2D eigenvalue weighted by atomic mass is 35.5. The maximum absolute atomic E-state index is 12.8. The van der Waals surface area contributed by atoms with Crippen molar-refractivity contribution < 1.29 is 8.50 Å². The van der Waals surface area contributed by atoms with Crippen molar-refractivity contribution in [1.82, 2.24) is 0 Å². The summed E-state index contributed by atoms with van der Waals surface area (Å²) in [7, 11) is 0. The smallest absolute Gasteiger partial charge is 0.124 e. The average Bonchev–Trinajstić information content (AvgIpc) is 2.08. The fraction of sp³-hybridized carbons (Fsp3) is 0. The SMILES string of the molecule is [2H]c1c([2H])c(F)c([2H])c(Cl)c1N. The maximum Gasteiger partial charge on any atom is 0.124 e. The molecule has 9 heavy (non-hydrogen) atoms. The lowest BCUT2D eigenvalue weighted by Gasteiger charge is -1.94. The molecule has 1 aromatic carbocycles. The van der Waals surface area contributed by atoms with E-state index in [4.69, 9.17) is 21.4 Å². The highest BCUT2D eigenvalue weighted by Crippen LogP contribution is 2.18. The molecule has 1 nitrogen and oxygen atoms in total. The zero-order valence-corrected chi connectivity index (χ0v) is 5.09. The van der Waals surface area contributed by atoms with Gasteiger partial charge in [-0.05, 0) is 18.1 Å². The van der Waals surface area contributed by atoms with Crippen LogP contribution < -0.4 is 5.73 Å². The largest absolute Gasteiger partial charge is 0.398 e. The van der Waals surface area contributed by atoms with E-state index in [1.807, 2.05) is 0 Å². The van der Waals surface area contributed by atoms with E-state index in [2.05, 4.69) is 0 Å². The molecule has 0 aliphatic rings. The molecule has 0 aromatic heterocycles. The number of hydrogen-bond acceptors (Lipinski definition) is 1. The Hall–Kier alpha value is -0.760. The van der Waals surface area contributed by atoms with Crippen LogP contribution in [0.1, 0.15) is 4.11 Å². The molecule has 0 saturated heterocycles. The molecule has 0 aliphatic carbocycles. The quantitative estimate of drug-likeness (QED) is 0.560. The molecule has 48 valence electrons. The van der Waals surface area contributed by atoms with Crippen LogP contribution in [0.25, 0.3) is 0 Å². The minimum absolute atomic E-state index is 0.229. The predicted octanol–water partition coefficient (Wildman–Crippen LogP) is 2.06. The van der Waals surface area contributed by atoms with Gasteiger partial charge in [0, 0.05) is 0 Å². The van der Waals surface area contributed by atoms with Crippen molar-refractivity contribution in [2.24, 2.45) is 0 Å². The van der Waals surface area contributed by atoms with Gasteiger partial charge < -0.3 is 5.73 Å². The average molecular weight is 149 g/mol. The first kappa shape index (κ1) is 3.42. The summed E-state index contributed by atoms with van der Waals surface area (Å²) >= 11 is 5.40. The van der Waals surface area contributed by atoms with E-state index in [0.717, 1.165) is 0 Å². The molecule has 0 amide bonds. The monoisotopic (exact) mass is 148 g/mol. The number of nitrogen functional groups attached to an aromatic ring is 1. The number of hydrogen-bond donors (Lipinski definition) is 1. The molecule has 0 radical (unpaired) electrons. The summed E-state index contributed by atoms with van der Waals surface area (Å²) in [4.78, 5) is 0. The molecule has 3 heteroatoms. The van der Waals surface area contributed by atoms with Crippen LogP contribution in [0.5, 0.6) is 0 Å². The van der Waals surface area contributed by atoms with Crippen LogP contribution >= 0.6 is 11.6 Å². The Labute approximate surface area is 61.5 Å². The van der Waals surface area contributed by atoms with Crippen LogP contribution in [0.4, 0.5) is 10.1 Å². The molecule has 1 aromatic rings. The molecule has 2 N–H and O–H groups in total. The van der Waals surface area contributed by atoms with Gasteiger partial charge in [-0.3, -0.25) is 0 Å². The van der Waals surface area contributed by atoms with E-state index < -0.39 is 23.9 Å². The third-order valence-electron chi connectivity index (χ3n) is 0.763. The molecule has 0 unspecified atom stereocenters. The second-order valence-corrected chi connectivity index (χ2v) is 1.79. The number of rotatable bonds is 0. The molecule has 0 fully saturated rings. The number of benzene rings is 1. The van der Waals surface area contributed by atoms with Gasteiger partial charge in [0.05, 0.1) is 14.8 Å². The first-order valence-corrected chi connectivity index (χ1v) is 2.54. The first-order chi connectivity index (χ1) is 5.46. The summed E-state index contributed by atoms with van der Waals surface area (Å²) in [6.07, 6.45) is 0. The van der Waals surface area contributed by atoms with Crippen LogP contribution in [-0.2, 0) is 0 Å². The normalized spacial score (nSPS) is 14.2. The van der Waals surface area contributed by atoms with Gasteiger partial charge in [0.15, 0.2) is 0 Å². The molecular weight excluding hydrogens is 141 g/mol. The van der Waals surface area contributed by atoms with Gasteiger partial charge >= 0.3 is 0 Å². The number of halogens is 2. The summed E-state index contributed by atoms with van der Waals surface area (Å²) in [6, 6.07) is -1.80. The molecule has 0 heterocycles. The van der Waals surface area contributed by atoms with Gasteiger partial charge in [-0.1, -0.05) is 11.6 Å². The maximum atomic E-state index is 12.8. The lowest BCUT2D eigenvalue weighted by atomic mass is 10.3. The van der Waals surface area contributed by atoms with Crippen molar-refractivity contribution in [2.75, 3.05) is 5.73 Å². The molecule has 0 atom stereocenters. The summed E-state index contributed by atoms with van der Waals surface area (Å²) in [5, 5.41) is -0.312. The zero-order chi connectivity index (χ0) is 9.46. The lowest BCUT2D eigenvalue weighted by Crippen LogP contribution is -1.85. The standard InChI is InChI=1S/C6H5ClFN/c7-5-3-4(8)1-2-6(5)9/h1-3H,9H2/i1D,2D,3D. The van der Waals surface area contributed by atoms with Gasteiger partial charge in [-0.25, -0.2) is 4.39 Å². The van der Waals surface area contributed by atoms with Crippen LogP contribution in [-0.4, -0.2) is 0 Å². The van der Waals surface area contributed by atoms with Crippen molar-refractivity contribution in [3.05, 3.63) is 29.0 Å². The molecule has 1 rings (SSSR count). The van der Waals surface area contributed by atoms with Crippen LogP contribution in [0.2, 0.25) is 5.02 Å². The topological polar surface area (TPSA) is 26.0 Å². The third-order valence-corrected chi connectivity index (χ3v) is 1.06. The van der Waals surface area contributed by atoms with E-state index >= 15 is 0 Å². The zero-order valence-electron chi connectivity index (χ0n) is 7.33. The van der Waals surface area contributed by atoms with Crippen LogP contribution in [0.15, 0.2) is 18.1 Å². The minimum Gasteiger partial charge on any atom is -0.398 e. The fourth-order valence-corrected chi connectivity index (χ4v) is 0.502. The van der Waals surface area contributed by atoms with Crippen molar-refractivity contribution in [1.29, 1.82) is 0 Å². The van der Waals surface area contributed by atoms with Gasteiger partial charge in [-0.2, -0.15) is 0 Å². The molecule has 0 bridgehead atoms. The van der Waals surface area contributed by atoms with Gasteiger partial charge in [0.2, 0.25) is 0 Å². The Morgan fingerprint density at radius 2 is 2.33 bits per heavy atom. The molecule has 0 saturated carbocycles. The number of nitrogens with two attached hydrogens (primary N) is 1. The molecule has 0 aliphatic heterocycles. The second kappa shape index (κ2) is 2.23. The summed E-state index contributed by atoms with van der Waals surface area (Å²) in [6.45, 7) is 0. The van der Waals surface area contributed by atoms with Crippen molar-refractivity contribution in [3.8, 4) is 0 Å². The Morgan fingerprint density at radius 1 is 1.67 bits per heavy atom. The van der Waals surface area contributed by atoms with E-state index in [9.17, 15) is 4.39 Å². The Balaban J connectivity index is 3.60. The van der Waals surface area contributed by atoms with E-state index in [1.165, 1.54) is 0 Å². The van der Waals surface area contributed by atoms with Crippen molar-refractivity contribution in [3.63, 3.8) is 0 Å². The van der Waals surface area contributed by atoms with Gasteiger partial charge in [-0.15, -0.1) is 0 Å². The van der Waals surface area contributed by atoms with Crippen LogP contribution in [0, 0.1) is 5.82 Å². The Morgan fingerprint density at radius 3 is 3.00 bits per heavy atom. The highest BCUT2D eigenvalue weighted by Gasteiger charge is 1.94. The summed E-state index contributed by atoms with van der Waals surface area (Å²) < 4.78 is 33.9. The third kappa shape index (κ3) is 1.33. The highest BCUT2D eigenvalue weighted by molar-refractivity contribution is 6.33. The fourth-order valence-electron chi connectivity index (χ4n) is 0.372. The lowest BCUT2D eigenvalue weighted by molar-refractivity contribution is 0.628. The Bertz CT molecular complexity index is 237. The van der Waals surface area contributed by atoms with Crippen molar-refractivity contribution in [2.45, 2.75) is 0 Å². The van der Waals surface area contributed by atoms with Crippen LogP contribution in [0.3, 0.4) is 0 Å². The summed E-state index contributed by atoms with van der Waals surface area (Å²) in [5.74, 6) is -1.11. The van der Waals surface area contributed by atoms with Gasteiger partial charge in [0.25, 0.3) is 0 Å². The first-order valence-electron chi connectivity index (χ1n) is 3.67. The van der Waals surface area contributed by atoms with E-state index in [1.54, 1.807) is 0 Å².